The SMILES string of the molecule is COc1ccc2c(c1)[C@@]1(SCCN1C(=O)C(C)C)C(=O)N2Cc1cccc(F)c1. The highest BCUT2D eigenvalue weighted by Crippen LogP contribution is 2.55. The molecule has 0 radical (unpaired) electrons. The van der Waals surface area contributed by atoms with E-state index in [-0.39, 0.29) is 30.1 Å². The quantitative estimate of drug-likeness (QED) is 0.764. The first-order chi connectivity index (χ1) is 13.9. The Kier molecular flexibility index (Phi) is 5.02. The largest absolute Gasteiger partial charge is 0.497 e. The van der Waals surface area contributed by atoms with Crippen LogP contribution < -0.4 is 9.64 Å². The van der Waals surface area contributed by atoms with Crippen molar-refractivity contribution in [1.29, 1.82) is 0 Å². The van der Waals surface area contributed by atoms with Crippen LogP contribution in [-0.2, 0) is 21.0 Å². The van der Waals surface area contributed by atoms with Crippen LogP contribution in [0.5, 0.6) is 5.75 Å². The number of fused-ring (bicyclic) bond motifs is 2. The third-order valence-electron chi connectivity index (χ3n) is 5.39. The Balaban J connectivity index is 1.83. The van der Waals surface area contributed by atoms with Crippen LogP contribution in [0.15, 0.2) is 42.5 Å². The van der Waals surface area contributed by atoms with Gasteiger partial charge in [0.1, 0.15) is 11.6 Å². The Labute approximate surface area is 173 Å². The summed E-state index contributed by atoms with van der Waals surface area (Å²) < 4.78 is 19.1. The normalized spacial score (nSPS) is 20.7. The van der Waals surface area contributed by atoms with Crippen LogP contribution in [0.25, 0.3) is 0 Å². The Bertz CT molecular complexity index is 980. The van der Waals surface area contributed by atoms with E-state index >= 15 is 0 Å². The van der Waals surface area contributed by atoms with Gasteiger partial charge in [-0.3, -0.25) is 9.59 Å². The van der Waals surface area contributed by atoms with E-state index in [1.165, 1.54) is 23.9 Å². The number of methoxy groups -OCH3 is 1. The summed E-state index contributed by atoms with van der Waals surface area (Å²) >= 11 is 1.48. The predicted octanol–water partition coefficient (Wildman–Crippen LogP) is 3.77. The smallest absolute Gasteiger partial charge is 0.268 e. The third kappa shape index (κ3) is 3.08. The van der Waals surface area contributed by atoms with Gasteiger partial charge in [0.2, 0.25) is 5.91 Å². The van der Waals surface area contributed by atoms with Crippen LogP contribution in [0.2, 0.25) is 0 Å². The maximum atomic E-state index is 13.8. The zero-order valence-electron chi connectivity index (χ0n) is 16.6. The Hall–Kier alpha value is -2.54. The van der Waals surface area contributed by atoms with Gasteiger partial charge in [0.05, 0.1) is 19.3 Å². The molecule has 29 heavy (non-hydrogen) atoms. The molecule has 0 saturated carbocycles. The van der Waals surface area contributed by atoms with E-state index < -0.39 is 4.87 Å². The van der Waals surface area contributed by atoms with Gasteiger partial charge in [0, 0.05) is 23.8 Å². The Morgan fingerprint density at radius 2 is 2.07 bits per heavy atom. The van der Waals surface area contributed by atoms with Crippen molar-refractivity contribution in [3.8, 4) is 5.75 Å². The van der Waals surface area contributed by atoms with E-state index in [2.05, 4.69) is 0 Å². The van der Waals surface area contributed by atoms with Crippen LogP contribution in [-0.4, -0.2) is 36.1 Å². The summed E-state index contributed by atoms with van der Waals surface area (Å²) in [6.07, 6.45) is 0. The molecule has 2 aliphatic heterocycles. The molecule has 0 N–H and O–H groups in total. The number of carbonyl (C=O) groups excluding carboxylic acids is 2. The second kappa shape index (κ2) is 7.37. The molecule has 2 aliphatic rings. The molecule has 1 fully saturated rings. The fraction of sp³-hybridized carbons (Fsp3) is 0.364. The second-order valence-corrected chi connectivity index (χ2v) is 8.83. The maximum absolute atomic E-state index is 13.8. The molecule has 1 spiro atoms. The average molecular weight is 415 g/mol. The first-order valence-electron chi connectivity index (χ1n) is 9.59. The van der Waals surface area contributed by atoms with E-state index in [0.717, 1.165) is 11.3 Å². The fourth-order valence-electron chi connectivity index (χ4n) is 4.03. The topological polar surface area (TPSA) is 49.9 Å². The van der Waals surface area contributed by atoms with Gasteiger partial charge in [-0.1, -0.05) is 26.0 Å². The van der Waals surface area contributed by atoms with Gasteiger partial charge in [-0.15, -0.1) is 11.8 Å². The highest BCUT2D eigenvalue weighted by molar-refractivity contribution is 8.01. The van der Waals surface area contributed by atoms with Crippen LogP contribution in [0.3, 0.4) is 0 Å². The number of benzene rings is 2. The van der Waals surface area contributed by atoms with Crippen molar-refractivity contribution in [1.82, 2.24) is 4.90 Å². The number of anilines is 1. The first-order valence-corrected chi connectivity index (χ1v) is 10.6. The molecule has 2 amide bonds. The second-order valence-electron chi connectivity index (χ2n) is 7.54. The summed E-state index contributed by atoms with van der Waals surface area (Å²) in [6, 6.07) is 11.7. The van der Waals surface area contributed by atoms with Crippen LogP contribution in [0.4, 0.5) is 10.1 Å². The number of hydrogen-bond acceptors (Lipinski definition) is 4. The van der Waals surface area contributed by atoms with Gasteiger partial charge in [0.25, 0.3) is 5.91 Å². The molecule has 0 bridgehead atoms. The number of rotatable bonds is 4. The van der Waals surface area contributed by atoms with Gasteiger partial charge in [0.15, 0.2) is 4.87 Å². The molecule has 4 rings (SSSR count). The number of carbonyl (C=O) groups is 2. The number of ether oxygens (including phenoxy) is 1. The van der Waals surface area contributed by atoms with Crippen molar-refractivity contribution in [3.05, 3.63) is 59.4 Å². The minimum absolute atomic E-state index is 0.0512. The van der Waals surface area contributed by atoms with Gasteiger partial charge in [-0.05, 0) is 35.9 Å². The standard InChI is InChI=1S/C22H23FN2O3S/c1-14(2)20(26)25-9-10-29-22(25)18-12-17(28-3)7-8-19(18)24(21(22)27)13-15-5-4-6-16(23)11-15/h4-8,11-12,14H,9-10,13H2,1-3H3/t22-/m1/s1. The molecule has 2 aromatic carbocycles. The monoisotopic (exact) mass is 414 g/mol. The molecule has 7 heteroatoms. The van der Waals surface area contributed by atoms with Gasteiger partial charge >= 0.3 is 0 Å². The molecule has 1 saturated heterocycles. The molecule has 1 atom stereocenters. The highest BCUT2D eigenvalue weighted by Gasteiger charge is 2.59. The van der Waals surface area contributed by atoms with Crippen molar-refractivity contribution in [2.75, 3.05) is 24.3 Å². The zero-order valence-corrected chi connectivity index (χ0v) is 17.5. The number of hydrogen-bond donors (Lipinski definition) is 0. The molecular formula is C22H23FN2O3S. The van der Waals surface area contributed by atoms with Crippen molar-refractivity contribution in [3.63, 3.8) is 0 Å². The van der Waals surface area contributed by atoms with Crippen molar-refractivity contribution in [2.45, 2.75) is 25.3 Å². The molecule has 2 heterocycles. The van der Waals surface area contributed by atoms with Gasteiger partial charge in [-0.2, -0.15) is 0 Å². The average Bonchev–Trinajstić information content (AvgIpc) is 3.24. The predicted molar refractivity (Wildman–Crippen MR) is 111 cm³/mol. The van der Waals surface area contributed by atoms with Gasteiger partial charge < -0.3 is 14.5 Å². The lowest BCUT2D eigenvalue weighted by atomic mass is 10.0. The van der Waals surface area contributed by atoms with E-state index in [1.807, 2.05) is 26.0 Å². The lowest BCUT2D eigenvalue weighted by Crippen LogP contribution is -2.51. The molecule has 0 unspecified atom stereocenters. The van der Waals surface area contributed by atoms with Crippen LogP contribution in [0, 0.1) is 11.7 Å². The molecule has 152 valence electrons. The van der Waals surface area contributed by atoms with E-state index in [4.69, 9.17) is 4.74 Å². The van der Waals surface area contributed by atoms with Crippen molar-refractivity contribution >= 4 is 29.3 Å². The molecular weight excluding hydrogens is 391 g/mol. The Morgan fingerprint density at radius 1 is 1.28 bits per heavy atom. The fourth-order valence-corrected chi connectivity index (χ4v) is 5.49. The number of amides is 2. The Morgan fingerprint density at radius 3 is 2.76 bits per heavy atom. The molecule has 5 nitrogen and oxygen atoms in total. The van der Waals surface area contributed by atoms with E-state index in [0.29, 0.717) is 23.6 Å². The first kappa shape index (κ1) is 19.8. The number of thioether (sulfide) groups is 1. The third-order valence-corrected chi connectivity index (χ3v) is 6.81. The van der Waals surface area contributed by atoms with E-state index in [9.17, 15) is 14.0 Å². The summed E-state index contributed by atoms with van der Waals surface area (Å²) in [5, 5.41) is 0. The van der Waals surface area contributed by atoms with Gasteiger partial charge in [-0.25, -0.2) is 4.39 Å². The number of nitrogens with zero attached hydrogens (tertiary/aromatic N) is 2. The minimum atomic E-state index is -1.10. The minimum Gasteiger partial charge on any atom is -0.497 e. The van der Waals surface area contributed by atoms with Crippen LogP contribution >= 0.6 is 11.8 Å². The molecule has 2 aromatic rings. The summed E-state index contributed by atoms with van der Waals surface area (Å²) in [7, 11) is 1.58. The van der Waals surface area contributed by atoms with Crippen molar-refractivity contribution in [2.24, 2.45) is 5.92 Å². The zero-order chi connectivity index (χ0) is 20.8. The summed E-state index contributed by atoms with van der Waals surface area (Å²) in [4.78, 5) is 29.0. The molecule has 0 aromatic heterocycles. The summed E-state index contributed by atoms with van der Waals surface area (Å²) in [6.45, 7) is 4.44. The molecule has 0 aliphatic carbocycles. The lowest BCUT2D eigenvalue weighted by molar-refractivity contribution is -0.142. The maximum Gasteiger partial charge on any atom is 0.268 e. The van der Waals surface area contributed by atoms with Crippen molar-refractivity contribution < 1.29 is 18.7 Å². The number of halogens is 1. The summed E-state index contributed by atoms with van der Waals surface area (Å²) in [5.41, 5.74) is 2.19. The van der Waals surface area contributed by atoms with E-state index in [1.54, 1.807) is 35.1 Å². The van der Waals surface area contributed by atoms with Crippen LogP contribution in [0.1, 0.15) is 25.0 Å². The highest BCUT2D eigenvalue weighted by atomic mass is 32.2. The lowest BCUT2D eigenvalue weighted by Gasteiger charge is -2.34. The summed E-state index contributed by atoms with van der Waals surface area (Å²) in [5.74, 6) is 0.531.